The summed E-state index contributed by atoms with van der Waals surface area (Å²) in [5.41, 5.74) is 2.95. The Bertz CT molecular complexity index is 806. The monoisotopic (exact) mass is 515 g/mol. The molecular weight excluding hydrogens is 485 g/mol. The molecule has 1 heterocycles. The van der Waals surface area contributed by atoms with Crippen molar-refractivity contribution in [1.29, 1.82) is 0 Å². The third-order valence-electron chi connectivity index (χ3n) is 4.35. The summed E-state index contributed by atoms with van der Waals surface area (Å²) in [4.78, 5) is 22.0. The van der Waals surface area contributed by atoms with Crippen LogP contribution in [0, 0.1) is 19.8 Å². The van der Waals surface area contributed by atoms with Crippen LogP contribution in [-0.4, -0.2) is 23.9 Å². The molecule has 0 saturated heterocycles. The lowest BCUT2D eigenvalue weighted by atomic mass is 10.1. The van der Waals surface area contributed by atoms with Gasteiger partial charge < -0.3 is 16.0 Å². The molecular formula is C20H30IN5OS. The molecule has 1 aromatic heterocycles. The number of carbonyl (C=O) groups excluding carboxylic acids is 1. The molecule has 0 radical (unpaired) electrons. The van der Waals surface area contributed by atoms with Gasteiger partial charge in [-0.1, -0.05) is 26.0 Å². The fourth-order valence-corrected chi connectivity index (χ4v) is 3.39. The van der Waals surface area contributed by atoms with Gasteiger partial charge in [-0.3, -0.25) is 9.79 Å². The molecule has 3 N–H and O–H groups in total. The summed E-state index contributed by atoms with van der Waals surface area (Å²) in [6.07, 6.45) is 0.827. The SMILES string of the molecule is CCC(C)C(=O)Nc1cccc(CNC(=NC)NCc2sc(C)nc2C)c1.I. The normalized spacial score (nSPS) is 12.1. The second-order valence-electron chi connectivity index (χ2n) is 6.52. The molecule has 8 heteroatoms. The number of rotatable bonds is 7. The molecule has 0 fully saturated rings. The van der Waals surface area contributed by atoms with Crippen LogP contribution in [0.2, 0.25) is 0 Å². The first-order chi connectivity index (χ1) is 12.9. The standard InChI is InChI=1S/C20H29N5OS.HI/c1-6-13(2)19(26)25-17-9-7-8-16(10-17)11-22-20(21-5)23-12-18-14(3)24-15(4)27-18;/h7-10,13H,6,11-12H2,1-5H3,(H,25,26)(H2,21,22,23);1H. The number of hydrogen-bond acceptors (Lipinski definition) is 4. The van der Waals surface area contributed by atoms with Crippen molar-refractivity contribution >= 4 is 52.9 Å². The van der Waals surface area contributed by atoms with Gasteiger partial charge in [0.05, 0.1) is 17.2 Å². The first-order valence-corrected chi connectivity index (χ1v) is 10.0. The lowest BCUT2D eigenvalue weighted by Gasteiger charge is -2.13. The number of nitrogens with zero attached hydrogens (tertiary/aromatic N) is 2. The van der Waals surface area contributed by atoms with Crippen molar-refractivity contribution in [2.24, 2.45) is 10.9 Å². The average molecular weight is 515 g/mol. The Morgan fingerprint density at radius 1 is 1.25 bits per heavy atom. The summed E-state index contributed by atoms with van der Waals surface area (Å²) in [5, 5.41) is 10.7. The van der Waals surface area contributed by atoms with E-state index in [9.17, 15) is 4.79 Å². The second kappa shape index (κ2) is 12.0. The summed E-state index contributed by atoms with van der Waals surface area (Å²) in [5.74, 6) is 0.790. The van der Waals surface area contributed by atoms with Gasteiger partial charge in [-0.15, -0.1) is 35.3 Å². The van der Waals surface area contributed by atoms with Crippen molar-refractivity contribution in [3.05, 3.63) is 45.4 Å². The summed E-state index contributed by atoms with van der Waals surface area (Å²) < 4.78 is 0. The first kappa shape index (κ1) is 24.4. The number of aromatic nitrogens is 1. The van der Waals surface area contributed by atoms with Crippen molar-refractivity contribution in [3.63, 3.8) is 0 Å². The topological polar surface area (TPSA) is 78.4 Å². The maximum atomic E-state index is 12.1. The number of benzene rings is 1. The van der Waals surface area contributed by atoms with E-state index in [1.165, 1.54) is 4.88 Å². The predicted molar refractivity (Wildman–Crippen MR) is 129 cm³/mol. The summed E-state index contributed by atoms with van der Waals surface area (Å²) in [7, 11) is 1.75. The van der Waals surface area contributed by atoms with E-state index < -0.39 is 0 Å². The van der Waals surface area contributed by atoms with Crippen LogP contribution in [-0.2, 0) is 17.9 Å². The molecule has 28 heavy (non-hydrogen) atoms. The van der Waals surface area contributed by atoms with E-state index in [0.717, 1.165) is 34.3 Å². The molecule has 2 rings (SSSR count). The summed E-state index contributed by atoms with van der Waals surface area (Å²) >= 11 is 1.70. The van der Waals surface area contributed by atoms with Gasteiger partial charge in [-0.05, 0) is 38.0 Å². The Hall–Kier alpha value is -1.68. The molecule has 6 nitrogen and oxygen atoms in total. The third-order valence-corrected chi connectivity index (χ3v) is 5.43. The lowest BCUT2D eigenvalue weighted by Crippen LogP contribution is -2.36. The Balaban J connectivity index is 0.00000392. The predicted octanol–water partition coefficient (Wildman–Crippen LogP) is 4.23. The van der Waals surface area contributed by atoms with E-state index in [4.69, 9.17) is 0 Å². The van der Waals surface area contributed by atoms with Crippen molar-refractivity contribution in [2.75, 3.05) is 12.4 Å². The molecule has 2 aromatic rings. The number of thiazole rings is 1. The zero-order chi connectivity index (χ0) is 19.8. The van der Waals surface area contributed by atoms with Crippen molar-refractivity contribution in [2.45, 2.75) is 47.2 Å². The lowest BCUT2D eigenvalue weighted by molar-refractivity contribution is -0.119. The third kappa shape index (κ3) is 7.38. The highest BCUT2D eigenvalue weighted by Gasteiger charge is 2.11. The van der Waals surface area contributed by atoms with Crippen LogP contribution in [0.3, 0.4) is 0 Å². The number of halogens is 1. The van der Waals surface area contributed by atoms with Crippen molar-refractivity contribution < 1.29 is 4.79 Å². The highest BCUT2D eigenvalue weighted by atomic mass is 127. The zero-order valence-corrected chi connectivity index (χ0v) is 20.3. The fraction of sp³-hybridized carbons (Fsp3) is 0.450. The second-order valence-corrected chi connectivity index (χ2v) is 7.81. The van der Waals surface area contributed by atoms with Crippen molar-refractivity contribution in [1.82, 2.24) is 15.6 Å². The van der Waals surface area contributed by atoms with Crippen LogP contribution >= 0.6 is 35.3 Å². The van der Waals surface area contributed by atoms with Crippen LogP contribution in [0.4, 0.5) is 5.69 Å². The number of amides is 1. The van der Waals surface area contributed by atoms with Gasteiger partial charge in [0.2, 0.25) is 5.91 Å². The largest absolute Gasteiger partial charge is 0.352 e. The Kier molecular flexibility index (Phi) is 10.4. The van der Waals surface area contributed by atoms with Gasteiger partial charge >= 0.3 is 0 Å². The minimum atomic E-state index is 0. The molecule has 1 aromatic carbocycles. The summed E-state index contributed by atoms with van der Waals surface area (Å²) in [6.45, 7) is 9.30. The van der Waals surface area contributed by atoms with E-state index in [2.05, 4.69) is 25.9 Å². The van der Waals surface area contributed by atoms with Gasteiger partial charge in [0, 0.05) is 30.1 Å². The number of hydrogen-bond donors (Lipinski definition) is 3. The fourth-order valence-electron chi connectivity index (χ4n) is 2.52. The minimum Gasteiger partial charge on any atom is -0.352 e. The Morgan fingerprint density at radius 3 is 2.57 bits per heavy atom. The average Bonchev–Trinajstić information content (AvgIpc) is 2.98. The van der Waals surface area contributed by atoms with E-state index >= 15 is 0 Å². The maximum absolute atomic E-state index is 12.1. The first-order valence-electron chi connectivity index (χ1n) is 9.20. The van der Waals surface area contributed by atoms with Gasteiger partial charge in [0.1, 0.15) is 0 Å². The van der Waals surface area contributed by atoms with E-state index in [0.29, 0.717) is 13.1 Å². The molecule has 1 atom stereocenters. The van der Waals surface area contributed by atoms with Crippen LogP contribution in [0.15, 0.2) is 29.3 Å². The molecule has 0 aliphatic carbocycles. The molecule has 154 valence electrons. The minimum absolute atomic E-state index is 0. The molecule has 0 spiro atoms. The van der Waals surface area contributed by atoms with E-state index in [1.807, 2.05) is 52.0 Å². The smallest absolute Gasteiger partial charge is 0.227 e. The summed E-state index contributed by atoms with van der Waals surface area (Å²) in [6, 6.07) is 7.86. The molecule has 1 amide bonds. The van der Waals surface area contributed by atoms with Gasteiger partial charge in [0.15, 0.2) is 5.96 Å². The molecule has 0 aliphatic heterocycles. The van der Waals surface area contributed by atoms with Crippen LogP contribution in [0.25, 0.3) is 0 Å². The van der Waals surface area contributed by atoms with Crippen LogP contribution in [0.5, 0.6) is 0 Å². The van der Waals surface area contributed by atoms with E-state index in [-0.39, 0.29) is 35.8 Å². The van der Waals surface area contributed by atoms with E-state index in [1.54, 1.807) is 18.4 Å². The molecule has 0 aliphatic rings. The number of aliphatic imine (C=N–C) groups is 1. The van der Waals surface area contributed by atoms with Crippen molar-refractivity contribution in [3.8, 4) is 0 Å². The number of anilines is 1. The van der Waals surface area contributed by atoms with Crippen LogP contribution < -0.4 is 16.0 Å². The Labute approximate surface area is 188 Å². The highest BCUT2D eigenvalue weighted by Crippen LogP contribution is 2.16. The number of guanidine groups is 1. The number of aryl methyl sites for hydroxylation is 2. The number of carbonyl (C=O) groups is 1. The molecule has 1 unspecified atom stereocenters. The molecule has 0 saturated carbocycles. The van der Waals surface area contributed by atoms with Crippen LogP contribution in [0.1, 0.15) is 41.4 Å². The number of nitrogens with one attached hydrogen (secondary N) is 3. The highest BCUT2D eigenvalue weighted by molar-refractivity contribution is 14.0. The maximum Gasteiger partial charge on any atom is 0.227 e. The van der Waals surface area contributed by atoms with Gasteiger partial charge in [-0.25, -0.2) is 4.98 Å². The Morgan fingerprint density at radius 2 is 1.96 bits per heavy atom. The van der Waals surface area contributed by atoms with Gasteiger partial charge in [-0.2, -0.15) is 0 Å². The zero-order valence-electron chi connectivity index (χ0n) is 17.1. The molecule has 0 bridgehead atoms. The van der Waals surface area contributed by atoms with Gasteiger partial charge in [0.25, 0.3) is 0 Å². The quantitative estimate of drug-likeness (QED) is 0.293.